The van der Waals surface area contributed by atoms with Crippen LogP contribution < -0.4 is 15.0 Å². The molecule has 0 unspecified atom stereocenters. The van der Waals surface area contributed by atoms with Crippen molar-refractivity contribution >= 4 is 23.0 Å². The van der Waals surface area contributed by atoms with Crippen LogP contribution in [0.15, 0.2) is 67.0 Å². The van der Waals surface area contributed by atoms with Gasteiger partial charge in [0.05, 0.1) is 24.1 Å². The van der Waals surface area contributed by atoms with Gasteiger partial charge >= 0.3 is 0 Å². The Morgan fingerprint density at radius 1 is 1.11 bits per heavy atom. The minimum Gasteiger partial charge on any atom is -0.494 e. The highest BCUT2D eigenvalue weighted by atomic mass is 16.5. The van der Waals surface area contributed by atoms with Gasteiger partial charge in [-0.2, -0.15) is 0 Å². The fraction of sp³-hybridized carbons (Fsp3) is 0.182. The number of para-hydroxylation sites is 1. The van der Waals surface area contributed by atoms with E-state index in [1.54, 1.807) is 12.4 Å². The van der Waals surface area contributed by atoms with Crippen LogP contribution in [0.5, 0.6) is 5.75 Å². The second kappa shape index (κ2) is 7.50. The topological polar surface area (TPSA) is 54.5 Å². The minimum atomic E-state index is -0.0252. The fourth-order valence-corrected chi connectivity index (χ4v) is 3.30. The standard InChI is InChI=1S/C22H21N3O2/c1-2-27-20-9-7-18(8-10-20)24-19-13-17(14-23-15-19)22(26)25-12-11-16-5-3-4-6-21(16)25/h3-10,13-15,24H,2,11-12H2,1H3. The average Bonchev–Trinajstić information content (AvgIpc) is 3.13. The SMILES string of the molecule is CCOc1ccc(Nc2cncc(C(=O)N3CCc4ccccc43)c2)cc1. The zero-order valence-electron chi connectivity index (χ0n) is 15.2. The highest BCUT2D eigenvalue weighted by molar-refractivity contribution is 6.07. The fourth-order valence-electron chi connectivity index (χ4n) is 3.30. The van der Waals surface area contributed by atoms with E-state index in [-0.39, 0.29) is 5.91 Å². The number of benzene rings is 2. The Labute approximate surface area is 158 Å². The molecule has 0 atom stereocenters. The van der Waals surface area contributed by atoms with Crippen molar-refractivity contribution < 1.29 is 9.53 Å². The Balaban J connectivity index is 1.52. The number of ether oxygens (including phenoxy) is 1. The normalized spacial score (nSPS) is 12.6. The van der Waals surface area contributed by atoms with Crippen molar-refractivity contribution in [2.45, 2.75) is 13.3 Å². The first kappa shape index (κ1) is 17.1. The molecular formula is C22H21N3O2. The van der Waals surface area contributed by atoms with E-state index in [1.807, 2.05) is 60.4 Å². The van der Waals surface area contributed by atoms with Crippen molar-refractivity contribution in [2.24, 2.45) is 0 Å². The van der Waals surface area contributed by atoms with Gasteiger partial charge in [-0.15, -0.1) is 0 Å². The molecule has 0 radical (unpaired) electrons. The molecule has 1 aromatic heterocycles. The van der Waals surface area contributed by atoms with Crippen molar-refractivity contribution in [3.05, 3.63) is 78.1 Å². The molecule has 1 amide bonds. The number of fused-ring (bicyclic) bond motifs is 1. The molecule has 0 spiro atoms. The van der Waals surface area contributed by atoms with Crippen molar-refractivity contribution in [2.75, 3.05) is 23.4 Å². The Morgan fingerprint density at radius 3 is 2.74 bits per heavy atom. The molecule has 3 aromatic rings. The van der Waals surface area contributed by atoms with E-state index >= 15 is 0 Å². The van der Waals surface area contributed by atoms with Gasteiger partial charge in [-0.25, -0.2) is 0 Å². The Kier molecular flexibility index (Phi) is 4.75. The highest BCUT2D eigenvalue weighted by Gasteiger charge is 2.25. The molecule has 5 nitrogen and oxygen atoms in total. The predicted molar refractivity (Wildman–Crippen MR) is 107 cm³/mol. The van der Waals surface area contributed by atoms with Gasteiger partial charge in [0, 0.05) is 24.1 Å². The smallest absolute Gasteiger partial charge is 0.259 e. The van der Waals surface area contributed by atoms with Crippen LogP contribution in [0.3, 0.4) is 0 Å². The molecule has 1 aliphatic heterocycles. The lowest BCUT2D eigenvalue weighted by molar-refractivity contribution is 0.0989. The molecule has 0 aliphatic carbocycles. The maximum absolute atomic E-state index is 13.0. The molecule has 1 aliphatic rings. The summed E-state index contributed by atoms with van der Waals surface area (Å²) in [4.78, 5) is 19.0. The summed E-state index contributed by atoms with van der Waals surface area (Å²) >= 11 is 0. The second-order valence-electron chi connectivity index (χ2n) is 6.38. The lowest BCUT2D eigenvalue weighted by Gasteiger charge is -2.17. The van der Waals surface area contributed by atoms with Crippen molar-refractivity contribution in [1.29, 1.82) is 0 Å². The highest BCUT2D eigenvalue weighted by Crippen LogP contribution is 2.29. The van der Waals surface area contributed by atoms with Gasteiger partial charge in [0.15, 0.2) is 0 Å². The summed E-state index contributed by atoms with van der Waals surface area (Å²) < 4.78 is 5.46. The van der Waals surface area contributed by atoms with Crippen LogP contribution >= 0.6 is 0 Å². The van der Waals surface area contributed by atoms with Gasteiger partial charge in [-0.1, -0.05) is 18.2 Å². The molecule has 2 aromatic carbocycles. The quantitative estimate of drug-likeness (QED) is 0.732. The third-order valence-electron chi connectivity index (χ3n) is 4.57. The largest absolute Gasteiger partial charge is 0.494 e. The summed E-state index contributed by atoms with van der Waals surface area (Å²) in [5.41, 5.74) is 4.46. The molecule has 2 heterocycles. The average molecular weight is 359 g/mol. The summed E-state index contributed by atoms with van der Waals surface area (Å²) in [6, 6.07) is 17.6. The molecule has 0 bridgehead atoms. The first-order valence-corrected chi connectivity index (χ1v) is 9.09. The molecule has 0 fully saturated rings. The lowest BCUT2D eigenvalue weighted by Crippen LogP contribution is -2.29. The summed E-state index contributed by atoms with van der Waals surface area (Å²) in [7, 11) is 0. The zero-order valence-corrected chi connectivity index (χ0v) is 15.2. The molecule has 0 saturated heterocycles. The first-order valence-electron chi connectivity index (χ1n) is 9.09. The Bertz CT molecular complexity index is 954. The number of hydrogen-bond acceptors (Lipinski definition) is 4. The van der Waals surface area contributed by atoms with Crippen molar-refractivity contribution in [3.8, 4) is 5.75 Å². The molecule has 136 valence electrons. The number of aromatic nitrogens is 1. The maximum atomic E-state index is 13.0. The monoisotopic (exact) mass is 359 g/mol. The van der Waals surface area contributed by atoms with Gasteiger partial charge in [-0.3, -0.25) is 9.78 Å². The number of amides is 1. The molecule has 5 heteroatoms. The number of pyridine rings is 1. The second-order valence-corrected chi connectivity index (χ2v) is 6.38. The Morgan fingerprint density at radius 2 is 1.93 bits per heavy atom. The van der Waals surface area contributed by atoms with Crippen LogP contribution in [0.25, 0.3) is 0 Å². The molecule has 1 N–H and O–H groups in total. The van der Waals surface area contributed by atoms with E-state index in [4.69, 9.17) is 4.74 Å². The zero-order chi connectivity index (χ0) is 18.6. The van der Waals surface area contributed by atoms with Crippen LogP contribution in [0.1, 0.15) is 22.8 Å². The van der Waals surface area contributed by atoms with E-state index in [0.717, 1.165) is 29.2 Å². The molecule has 0 saturated carbocycles. The number of nitrogens with zero attached hydrogens (tertiary/aromatic N) is 2. The van der Waals surface area contributed by atoms with Crippen LogP contribution in [0.2, 0.25) is 0 Å². The van der Waals surface area contributed by atoms with E-state index in [0.29, 0.717) is 18.7 Å². The maximum Gasteiger partial charge on any atom is 0.259 e. The Hall–Kier alpha value is -3.34. The van der Waals surface area contributed by atoms with Gasteiger partial charge < -0.3 is 15.0 Å². The molecule has 4 rings (SSSR count). The third kappa shape index (κ3) is 3.62. The molecule has 27 heavy (non-hydrogen) atoms. The summed E-state index contributed by atoms with van der Waals surface area (Å²) in [6.07, 6.45) is 4.22. The molecular weight excluding hydrogens is 338 g/mol. The van der Waals surface area contributed by atoms with Gasteiger partial charge in [0.1, 0.15) is 5.75 Å². The van der Waals surface area contributed by atoms with E-state index in [2.05, 4.69) is 16.4 Å². The number of nitrogens with one attached hydrogen (secondary N) is 1. The van der Waals surface area contributed by atoms with E-state index < -0.39 is 0 Å². The lowest BCUT2D eigenvalue weighted by atomic mass is 10.2. The van der Waals surface area contributed by atoms with Gasteiger partial charge in [0.2, 0.25) is 0 Å². The number of rotatable bonds is 5. The first-order chi connectivity index (χ1) is 13.2. The van der Waals surface area contributed by atoms with E-state index in [1.165, 1.54) is 5.56 Å². The van der Waals surface area contributed by atoms with Gasteiger partial charge in [0.25, 0.3) is 5.91 Å². The predicted octanol–water partition coefficient (Wildman–Crippen LogP) is 4.43. The number of carbonyl (C=O) groups excluding carboxylic acids is 1. The van der Waals surface area contributed by atoms with Crippen LogP contribution in [0, 0.1) is 0 Å². The summed E-state index contributed by atoms with van der Waals surface area (Å²) in [5.74, 6) is 0.806. The number of hydrogen-bond donors (Lipinski definition) is 1. The van der Waals surface area contributed by atoms with Crippen LogP contribution in [0.4, 0.5) is 17.1 Å². The summed E-state index contributed by atoms with van der Waals surface area (Å²) in [5, 5.41) is 3.29. The van der Waals surface area contributed by atoms with Crippen LogP contribution in [-0.4, -0.2) is 24.0 Å². The van der Waals surface area contributed by atoms with E-state index in [9.17, 15) is 4.79 Å². The van der Waals surface area contributed by atoms with Crippen LogP contribution in [-0.2, 0) is 6.42 Å². The van der Waals surface area contributed by atoms with Crippen molar-refractivity contribution in [3.63, 3.8) is 0 Å². The summed E-state index contributed by atoms with van der Waals surface area (Å²) in [6.45, 7) is 3.30. The van der Waals surface area contributed by atoms with Gasteiger partial charge in [-0.05, 0) is 55.3 Å². The minimum absolute atomic E-state index is 0.0252. The number of anilines is 3. The third-order valence-corrected chi connectivity index (χ3v) is 4.57. The van der Waals surface area contributed by atoms with Crippen molar-refractivity contribution in [1.82, 2.24) is 4.98 Å². The number of carbonyl (C=O) groups is 1.